The molecule has 0 aromatic heterocycles. The van der Waals surface area contributed by atoms with E-state index in [1.165, 1.54) is 0 Å². The molecule has 18 heavy (non-hydrogen) atoms. The molecular formula is C10H19N3O5. The highest BCUT2D eigenvalue weighted by Crippen LogP contribution is 1.99. The first-order valence-corrected chi connectivity index (χ1v) is 5.47. The summed E-state index contributed by atoms with van der Waals surface area (Å²) in [5.74, 6) is -1.80. The number of amides is 3. The lowest BCUT2D eigenvalue weighted by Crippen LogP contribution is -2.51. The summed E-state index contributed by atoms with van der Waals surface area (Å²) < 4.78 is 4.71. The summed E-state index contributed by atoms with van der Waals surface area (Å²) in [4.78, 5) is 32.5. The van der Waals surface area contributed by atoms with Crippen LogP contribution in [-0.4, -0.2) is 48.8 Å². The van der Waals surface area contributed by atoms with E-state index in [1.54, 1.807) is 13.8 Å². The third kappa shape index (κ3) is 7.44. The Bertz CT molecular complexity index is 306. The van der Waals surface area contributed by atoms with Gasteiger partial charge in [-0.1, -0.05) is 13.8 Å². The Morgan fingerprint density at radius 3 is 2.39 bits per heavy atom. The number of primary amides is 1. The van der Waals surface area contributed by atoms with Crippen molar-refractivity contribution in [1.82, 2.24) is 10.6 Å². The van der Waals surface area contributed by atoms with Gasteiger partial charge in [0.1, 0.15) is 12.6 Å². The van der Waals surface area contributed by atoms with Crippen LogP contribution in [0.2, 0.25) is 0 Å². The molecule has 0 aliphatic heterocycles. The third-order valence-electron chi connectivity index (χ3n) is 2.02. The molecule has 0 bridgehead atoms. The molecule has 0 aliphatic rings. The minimum absolute atomic E-state index is 0.0721. The lowest BCUT2D eigenvalue weighted by molar-refractivity contribution is -0.142. The number of carbonyl (C=O) groups excluding carboxylic acids is 2. The maximum absolute atomic E-state index is 11.4. The fraction of sp³-hybridized carbons (Fsp3) is 0.700. The molecule has 5 N–H and O–H groups in total. The Morgan fingerprint density at radius 2 is 1.94 bits per heavy atom. The third-order valence-corrected chi connectivity index (χ3v) is 2.02. The molecule has 0 aliphatic carbocycles. The van der Waals surface area contributed by atoms with Gasteiger partial charge in [0.25, 0.3) is 0 Å². The van der Waals surface area contributed by atoms with Gasteiger partial charge < -0.3 is 26.2 Å². The van der Waals surface area contributed by atoms with Crippen molar-refractivity contribution in [3.8, 4) is 0 Å². The zero-order chi connectivity index (χ0) is 14.1. The number of nitrogens with one attached hydrogen (secondary N) is 2. The van der Waals surface area contributed by atoms with E-state index in [2.05, 4.69) is 10.6 Å². The van der Waals surface area contributed by atoms with E-state index >= 15 is 0 Å². The van der Waals surface area contributed by atoms with Gasteiger partial charge >= 0.3 is 12.0 Å². The van der Waals surface area contributed by atoms with Crippen LogP contribution in [0.3, 0.4) is 0 Å². The topological polar surface area (TPSA) is 131 Å². The lowest BCUT2D eigenvalue weighted by atomic mass is 10.0. The Hall–Kier alpha value is -1.83. The number of carbonyl (C=O) groups is 3. The zero-order valence-electron chi connectivity index (χ0n) is 10.4. The number of carboxylic acid groups (broad SMARTS) is 1. The number of carboxylic acids is 1. The van der Waals surface area contributed by atoms with Gasteiger partial charge in [0.2, 0.25) is 5.91 Å². The van der Waals surface area contributed by atoms with Crippen LogP contribution in [0.4, 0.5) is 4.79 Å². The van der Waals surface area contributed by atoms with Crippen LogP contribution in [0.15, 0.2) is 0 Å². The van der Waals surface area contributed by atoms with E-state index in [9.17, 15) is 14.4 Å². The molecule has 0 heterocycles. The van der Waals surface area contributed by atoms with Crippen LogP contribution in [-0.2, 0) is 14.3 Å². The van der Waals surface area contributed by atoms with E-state index < -0.39 is 30.6 Å². The summed E-state index contributed by atoms with van der Waals surface area (Å²) in [5, 5.41) is 13.1. The number of hydrogen-bond donors (Lipinski definition) is 4. The van der Waals surface area contributed by atoms with Gasteiger partial charge in [-0.25, -0.2) is 9.59 Å². The van der Waals surface area contributed by atoms with Crippen LogP contribution in [0.1, 0.15) is 13.8 Å². The van der Waals surface area contributed by atoms with Crippen molar-refractivity contribution in [3.63, 3.8) is 0 Å². The van der Waals surface area contributed by atoms with Crippen molar-refractivity contribution in [3.05, 3.63) is 0 Å². The standard InChI is InChI=1S/C10H19N3O5/c1-6(2)8(9(11)16)13-10(17)12-3-4-18-5-7(14)15/h6,8H,3-5H2,1-2H3,(H2,11,16)(H,14,15)(H2,12,13,17). The Kier molecular flexibility index (Phi) is 7.45. The van der Waals surface area contributed by atoms with Gasteiger partial charge in [-0.2, -0.15) is 0 Å². The van der Waals surface area contributed by atoms with Crippen LogP contribution in [0.25, 0.3) is 0 Å². The van der Waals surface area contributed by atoms with Crippen molar-refractivity contribution in [2.45, 2.75) is 19.9 Å². The minimum atomic E-state index is -1.08. The predicted octanol–water partition coefficient (Wildman–Crippen LogP) is -1.10. The molecule has 8 nitrogen and oxygen atoms in total. The van der Waals surface area contributed by atoms with E-state index in [0.717, 1.165) is 0 Å². The molecule has 0 saturated carbocycles. The van der Waals surface area contributed by atoms with Gasteiger partial charge in [0, 0.05) is 6.54 Å². The summed E-state index contributed by atoms with van der Waals surface area (Å²) in [7, 11) is 0. The maximum Gasteiger partial charge on any atom is 0.329 e. The first-order chi connectivity index (χ1) is 8.34. The van der Waals surface area contributed by atoms with Gasteiger partial charge in [-0.15, -0.1) is 0 Å². The van der Waals surface area contributed by atoms with Gasteiger partial charge in [-0.3, -0.25) is 4.79 Å². The molecule has 0 radical (unpaired) electrons. The molecule has 1 unspecified atom stereocenters. The summed E-state index contributed by atoms with van der Waals surface area (Å²) >= 11 is 0. The Morgan fingerprint density at radius 1 is 1.33 bits per heavy atom. The number of urea groups is 1. The number of hydrogen-bond acceptors (Lipinski definition) is 4. The first-order valence-electron chi connectivity index (χ1n) is 5.47. The van der Waals surface area contributed by atoms with Gasteiger partial charge in [-0.05, 0) is 5.92 Å². The second kappa shape index (κ2) is 8.29. The van der Waals surface area contributed by atoms with E-state index in [1.807, 2.05) is 0 Å². The highest BCUT2D eigenvalue weighted by Gasteiger charge is 2.21. The predicted molar refractivity (Wildman–Crippen MR) is 62.8 cm³/mol. The van der Waals surface area contributed by atoms with Gasteiger partial charge in [0.15, 0.2) is 0 Å². The summed E-state index contributed by atoms with van der Waals surface area (Å²) in [6, 6.07) is -1.30. The molecule has 0 fully saturated rings. The molecule has 8 heteroatoms. The molecule has 3 amide bonds. The Labute approximate surface area is 105 Å². The normalized spacial score (nSPS) is 11.9. The minimum Gasteiger partial charge on any atom is -0.480 e. The van der Waals surface area contributed by atoms with Crippen LogP contribution in [0, 0.1) is 5.92 Å². The van der Waals surface area contributed by atoms with Crippen molar-refractivity contribution in [1.29, 1.82) is 0 Å². The molecule has 0 saturated heterocycles. The summed E-state index contributed by atoms with van der Waals surface area (Å²) in [6.45, 7) is 3.31. The van der Waals surface area contributed by atoms with E-state index in [-0.39, 0.29) is 19.1 Å². The molecule has 104 valence electrons. The molecular weight excluding hydrogens is 242 g/mol. The average Bonchev–Trinajstić information content (AvgIpc) is 2.24. The van der Waals surface area contributed by atoms with Crippen LogP contribution in [0.5, 0.6) is 0 Å². The van der Waals surface area contributed by atoms with E-state index in [4.69, 9.17) is 15.6 Å². The van der Waals surface area contributed by atoms with Crippen LogP contribution < -0.4 is 16.4 Å². The summed E-state index contributed by atoms with van der Waals surface area (Å²) in [5.41, 5.74) is 5.12. The number of rotatable bonds is 8. The van der Waals surface area contributed by atoms with Gasteiger partial charge in [0.05, 0.1) is 6.61 Å². The SMILES string of the molecule is CC(C)C(NC(=O)NCCOCC(=O)O)C(N)=O. The fourth-order valence-electron chi connectivity index (χ4n) is 1.15. The summed E-state index contributed by atoms with van der Waals surface area (Å²) in [6.07, 6.45) is 0. The second-order valence-electron chi connectivity index (χ2n) is 3.97. The largest absolute Gasteiger partial charge is 0.480 e. The average molecular weight is 261 g/mol. The van der Waals surface area contributed by atoms with Crippen LogP contribution >= 0.6 is 0 Å². The van der Waals surface area contributed by atoms with Crippen molar-refractivity contribution in [2.75, 3.05) is 19.8 Å². The molecule has 0 spiro atoms. The number of nitrogens with two attached hydrogens (primary N) is 1. The fourth-order valence-corrected chi connectivity index (χ4v) is 1.15. The number of aliphatic carboxylic acids is 1. The van der Waals surface area contributed by atoms with E-state index in [0.29, 0.717) is 0 Å². The second-order valence-corrected chi connectivity index (χ2v) is 3.97. The molecule has 0 aromatic carbocycles. The quantitative estimate of drug-likeness (QED) is 0.412. The highest BCUT2D eigenvalue weighted by molar-refractivity contribution is 5.86. The maximum atomic E-state index is 11.4. The molecule has 1 atom stereocenters. The first kappa shape index (κ1) is 16.2. The van der Waals surface area contributed by atoms with Crippen molar-refractivity contribution >= 4 is 17.9 Å². The van der Waals surface area contributed by atoms with Crippen molar-refractivity contribution < 1.29 is 24.2 Å². The number of ether oxygens (including phenoxy) is 1. The lowest BCUT2D eigenvalue weighted by Gasteiger charge is -2.19. The van der Waals surface area contributed by atoms with Crippen molar-refractivity contribution in [2.24, 2.45) is 11.7 Å². The smallest absolute Gasteiger partial charge is 0.329 e. The highest BCUT2D eigenvalue weighted by atomic mass is 16.5. The monoisotopic (exact) mass is 261 g/mol. The zero-order valence-corrected chi connectivity index (χ0v) is 10.4. The Balaban J connectivity index is 3.82. The molecule has 0 aromatic rings. The molecule has 0 rings (SSSR count).